The topological polar surface area (TPSA) is 67.3 Å². The number of carbonyl (C=O) groups excluding carboxylic acids is 3. The average Bonchev–Trinajstić information content (AvgIpc) is 3.27. The van der Waals surface area contributed by atoms with E-state index in [9.17, 15) is 14.4 Å². The Balaban J connectivity index is 1.69. The molecule has 1 aromatic heterocycles. The quantitative estimate of drug-likeness (QED) is 0.559. The molecule has 2 aliphatic heterocycles. The van der Waals surface area contributed by atoms with E-state index in [1.54, 1.807) is 49.6 Å². The first-order chi connectivity index (χ1) is 16.0. The Morgan fingerprint density at radius 1 is 1.00 bits per heavy atom. The minimum absolute atomic E-state index is 0.0787. The zero-order valence-electron chi connectivity index (χ0n) is 18.4. The van der Waals surface area contributed by atoms with Gasteiger partial charge in [0.2, 0.25) is 0 Å². The summed E-state index contributed by atoms with van der Waals surface area (Å²) >= 11 is 0. The van der Waals surface area contributed by atoms with Crippen LogP contribution >= 0.6 is 0 Å². The second-order valence-corrected chi connectivity index (χ2v) is 9.17. The highest BCUT2D eigenvalue weighted by atomic mass is 16.2. The van der Waals surface area contributed by atoms with Gasteiger partial charge in [-0.2, -0.15) is 0 Å². The maximum atomic E-state index is 14.2. The Hall–Kier alpha value is -3.86. The molecule has 5 heteroatoms. The van der Waals surface area contributed by atoms with Crippen LogP contribution in [-0.2, 0) is 4.79 Å². The Labute approximate surface area is 191 Å². The van der Waals surface area contributed by atoms with Crippen molar-refractivity contribution in [2.75, 3.05) is 4.90 Å². The molecule has 1 spiro atoms. The fourth-order valence-corrected chi connectivity index (χ4v) is 6.16. The number of hydrogen-bond donors (Lipinski definition) is 0. The van der Waals surface area contributed by atoms with E-state index in [0.717, 1.165) is 22.4 Å². The molecule has 6 rings (SSSR count). The van der Waals surface area contributed by atoms with Gasteiger partial charge in [0.05, 0.1) is 12.1 Å². The smallest absolute Gasteiger partial charge is 0.180 e. The molecule has 3 aromatic rings. The monoisotopic (exact) mass is 434 g/mol. The minimum atomic E-state index is -1.43. The molecular weight excluding hydrogens is 412 g/mol. The zero-order valence-corrected chi connectivity index (χ0v) is 18.4. The molecule has 3 aliphatic rings. The van der Waals surface area contributed by atoms with Gasteiger partial charge in [0.15, 0.2) is 17.3 Å². The van der Waals surface area contributed by atoms with Crippen LogP contribution in [0.3, 0.4) is 0 Å². The summed E-state index contributed by atoms with van der Waals surface area (Å²) in [7, 11) is 0. The first-order valence-corrected chi connectivity index (χ1v) is 11.1. The molecule has 0 N–H and O–H groups in total. The predicted octanol–water partition coefficient (Wildman–Crippen LogP) is 4.41. The van der Waals surface area contributed by atoms with Crippen LogP contribution in [0.1, 0.15) is 50.2 Å². The number of hydrogen-bond acceptors (Lipinski definition) is 5. The fraction of sp³-hybridized carbons (Fsp3) is 0.214. The molecule has 0 unspecified atom stereocenters. The van der Waals surface area contributed by atoms with Crippen LogP contribution in [0.25, 0.3) is 6.08 Å². The molecule has 1 saturated heterocycles. The Morgan fingerprint density at radius 2 is 1.73 bits per heavy atom. The summed E-state index contributed by atoms with van der Waals surface area (Å²) in [6, 6.07) is 15.5. The van der Waals surface area contributed by atoms with E-state index in [1.807, 2.05) is 48.2 Å². The van der Waals surface area contributed by atoms with Crippen LogP contribution in [0.15, 0.2) is 73.1 Å². The first kappa shape index (κ1) is 19.8. The third kappa shape index (κ3) is 2.42. The molecule has 1 aliphatic carbocycles. The summed E-state index contributed by atoms with van der Waals surface area (Å²) in [5.41, 5.74) is 3.07. The molecule has 0 radical (unpaired) electrons. The number of pyridine rings is 1. The number of nitrogens with zero attached hydrogens (tertiary/aromatic N) is 2. The number of Topliss-reactive ketones (excluding diaryl/α,β-unsaturated/α-hetero) is 3. The predicted molar refractivity (Wildman–Crippen MR) is 125 cm³/mol. The van der Waals surface area contributed by atoms with Crippen molar-refractivity contribution < 1.29 is 14.4 Å². The number of anilines is 1. The van der Waals surface area contributed by atoms with E-state index in [-0.39, 0.29) is 17.3 Å². The van der Waals surface area contributed by atoms with Crippen LogP contribution in [-0.4, -0.2) is 34.4 Å². The van der Waals surface area contributed by atoms with Gasteiger partial charge in [-0.25, -0.2) is 0 Å². The number of aryl methyl sites for hydroxylation is 1. The highest BCUT2D eigenvalue weighted by Gasteiger charge is 2.71. The van der Waals surface area contributed by atoms with Gasteiger partial charge < -0.3 is 4.90 Å². The van der Waals surface area contributed by atoms with E-state index < -0.39 is 23.4 Å². The second kappa shape index (κ2) is 6.82. The normalized spacial score (nSPS) is 24.1. The highest BCUT2D eigenvalue weighted by molar-refractivity contribution is 6.32. The Kier molecular flexibility index (Phi) is 4.09. The van der Waals surface area contributed by atoms with Crippen molar-refractivity contribution >= 4 is 29.1 Å². The number of carbonyl (C=O) groups is 3. The summed E-state index contributed by atoms with van der Waals surface area (Å²) < 4.78 is 0. The molecule has 33 heavy (non-hydrogen) atoms. The lowest BCUT2D eigenvalue weighted by Gasteiger charge is -2.37. The largest absolute Gasteiger partial charge is 0.352 e. The van der Waals surface area contributed by atoms with Gasteiger partial charge in [-0.05, 0) is 42.7 Å². The van der Waals surface area contributed by atoms with Gasteiger partial charge in [0.1, 0.15) is 5.41 Å². The van der Waals surface area contributed by atoms with Crippen molar-refractivity contribution in [1.82, 2.24) is 4.98 Å². The van der Waals surface area contributed by atoms with Crippen molar-refractivity contribution in [3.8, 4) is 0 Å². The number of ketones is 3. The maximum Gasteiger partial charge on any atom is 0.180 e. The van der Waals surface area contributed by atoms with Crippen LogP contribution in [0.5, 0.6) is 0 Å². The molecule has 0 bridgehead atoms. The SMILES string of the molecule is CC(=O)[C@H]1[C@H](c2cccnc2)C2(C(=O)c3ccccc3C2=O)[C@H]2C=Cc3ccc(C)cc3N12. The lowest BCUT2D eigenvalue weighted by atomic mass is 9.64. The van der Waals surface area contributed by atoms with Gasteiger partial charge in [0, 0.05) is 35.1 Å². The number of benzene rings is 2. The molecule has 0 amide bonds. The van der Waals surface area contributed by atoms with Crippen molar-refractivity contribution in [2.24, 2.45) is 5.41 Å². The van der Waals surface area contributed by atoms with Crippen LogP contribution in [0.4, 0.5) is 5.69 Å². The van der Waals surface area contributed by atoms with E-state index >= 15 is 0 Å². The molecule has 3 atom stereocenters. The summed E-state index contributed by atoms with van der Waals surface area (Å²) in [6.45, 7) is 3.55. The molecule has 162 valence electrons. The summed E-state index contributed by atoms with van der Waals surface area (Å²) in [5.74, 6) is -1.16. The van der Waals surface area contributed by atoms with Gasteiger partial charge in [0.25, 0.3) is 0 Å². The molecule has 1 fully saturated rings. The third-order valence-electron chi connectivity index (χ3n) is 7.42. The summed E-state index contributed by atoms with van der Waals surface area (Å²) in [5, 5.41) is 0. The molecule has 2 aromatic carbocycles. The van der Waals surface area contributed by atoms with E-state index in [2.05, 4.69) is 4.98 Å². The van der Waals surface area contributed by atoms with Crippen LogP contribution < -0.4 is 4.90 Å². The number of fused-ring (bicyclic) bond motifs is 5. The Bertz CT molecular complexity index is 1340. The first-order valence-electron chi connectivity index (χ1n) is 11.1. The van der Waals surface area contributed by atoms with Crippen molar-refractivity contribution in [2.45, 2.75) is 31.8 Å². The van der Waals surface area contributed by atoms with Crippen molar-refractivity contribution in [3.63, 3.8) is 0 Å². The second-order valence-electron chi connectivity index (χ2n) is 9.17. The van der Waals surface area contributed by atoms with Gasteiger partial charge in [-0.15, -0.1) is 0 Å². The van der Waals surface area contributed by atoms with Crippen molar-refractivity contribution in [3.05, 3.63) is 101 Å². The Morgan fingerprint density at radius 3 is 2.36 bits per heavy atom. The molecule has 0 saturated carbocycles. The number of rotatable bonds is 2. The summed E-state index contributed by atoms with van der Waals surface area (Å²) in [6.07, 6.45) is 7.26. The zero-order chi connectivity index (χ0) is 22.9. The lowest BCUT2D eigenvalue weighted by Crippen LogP contribution is -2.48. The average molecular weight is 434 g/mol. The lowest BCUT2D eigenvalue weighted by molar-refractivity contribution is -0.118. The van der Waals surface area contributed by atoms with Crippen molar-refractivity contribution in [1.29, 1.82) is 0 Å². The number of aromatic nitrogens is 1. The van der Waals surface area contributed by atoms with Gasteiger partial charge >= 0.3 is 0 Å². The van der Waals surface area contributed by atoms with E-state index in [4.69, 9.17) is 0 Å². The summed E-state index contributed by atoms with van der Waals surface area (Å²) in [4.78, 5) is 48.0. The molecule has 5 nitrogen and oxygen atoms in total. The highest BCUT2D eigenvalue weighted by Crippen LogP contribution is 2.60. The maximum absolute atomic E-state index is 14.2. The van der Waals surface area contributed by atoms with E-state index in [1.165, 1.54) is 0 Å². The van der Waals surface area contributed by atoms with Crippen LogP contribution in [0, 0.1) is 12.3 Å². The standard InChI is InChI=1S/C28H22N2O3/c1-16-9-10-18-11-12-23-28(26(32)20-7-3-4-8-21(20)27(28)33)24(19-6-5-13-29-15-19)25(17(2)31)30(23)22(18)14-16/h3-15,23-25H,1-2H3/t23-,24+,25+/m1/s1. The molecule has 3 heterocycles. The minimum Gasteiger partial charge on any atom is -0.352 e. The third-order valence-corrected chi connectivity index (χ3v) is 7.42. The van der Waals surface area contributed by atoms with Gasteiger partial charge in [-0.3, -0.25) is 19.4 Å². The van der Waals surface area contributed by atoms with E-state index in [0.29, 0.717) is 11.1 Å². The fourth-order valence-electron chi connectivity index (χ4n) is 6.16. The van der Waals surface area contributed by atoms with Gasteiger partial charge in [-0.1, -0.05) is 54.6 Å². The van der Waals surface area contributed by atoms with Crippen LogP contribution in [0.2, 0.25) is 0 Å². The molecular formula is C28H22N2O3.